The molecule has 1 aromatic heterocycles. The van der Waals surface area contributed by atoms with Gasteiger partial charge >= 0.3 is 11.9 Å². The van der Waals surface area contributed by atoms with Crippen molar-refractivity contribution in [1.29, 1.82) is 0 Å². The molecule has 0 aliphatic heterocycles. The lowest BCUT2D eigenvalue weighted by molar-refractivity contribution is -0.147. The second kappa shape index (κ2) is 6.90. The third-order valence-corrected chi connectivity index (χ3v) is 3.48. The highest BCUT2D eigenvalue weighted by Gasteiger charge is 2.26. The SMILES string of the molecule is C[C@@H](C(=O)N[C@@H](CC(=O)O)C(=O)O)n1cnc2ccccc2c1=O. The molecule has 24 heavy (non-hydrogen) atoms. The molecular formula is C15H15N3O6. The monoisotopic (exact) mass is 333 g/mol. The van der Waals surface area contributed by atoms with Crippen molar-refractivity contribution >= 4 is 28.7 Å². The number of nitrogens with one attached hydrogen (secondary N) is 1. The van der Waals surface area contributed by atoms with E-state index < -0.39 is 41.9 Å². The van der Waals surface area contributed by atoms with Gasteiger partial charge in [0.25, 0.3) is 5.56 Å². The highest BCUT2D eigenvalue weighted by Crippen LogP contribution is 2.09. The van der Waals surface area contributed by atoms with Gasteiger partial charge in [0.1, 0.15) is 12.1 Å². The molecule has 2 aromatic rings. The molecule has 0 unspecified atom stereocenters. The Labute approximate surface area is 135 Å². The average Bonchev–Trinajstić information content (AvgIpc) is 2.53. The van der Waals surface area contributed by atoms with Crippen LogP contribution in [0, 0.1) is 0 Å². The van der Waals surface area contributed by atoms with Crippen molar-refractivity contribution in [1.82, 2.24) is 14.9 Å². The van der Waals surface area contributed by atoms with E-state index in [1.807, 2.05) is 0 Å². The maximum Gasteiger partial charge on any atom is 0.326 e. The van der Waals surface area contributed by atoms with Gasteiger partial charge in [-0.05, 0) is 19.1 Å². The van der Waals surface area contributed by atoms with Gasteiger partial charge in [-0.1, -0.05) is 12.1 Å². The lowest BCUT2D eigenvalue weighted by Gasteiger charge is -2.18. The average molecular weight is 333 g/mol. The number of benzene rings is 1. The summed E-state index contributed by atoms with van der Waals surface area (Å²) in [5.41, 5.74) is 0.0222. The Balaban J connectivity index is 2.27. The molecule has 1 aromatic carbocycles. The molecule has 0 spiro atoms. The minimum absolute atomic E-state index is 0.319. The van der Waals surface area contributed by atoms with Crippen LogP contribution >= 0.6 is 0 Å². The molecule has 0 radical (unpaired) electrons. The molecule has 0 saturated heterocycles. The topological polar surface area (TPSA) is 139 Å². The highest BCUT2D eigenvalue weighted by atomic mass is 16.4. The number of carboxylic acids is 2. The fourth-order valence-electron chi connectivity index (χ4n) is 2.15. The summed E-state index contributed by atoms with van der Waals surface area (Å²) in [6, 6.07) is 3.97. The maximum absolute atomic E-state index is 12.4. The van der Waals surface area contributed by atoms with Crippen LogP contribution in [0.2, 0.25) is 0 Å². The van der Waals surface area contributed by atoms with E-state index in [-0.39, 0.29) is 0 Å². The third kappa shape index (κ3) is 3.57. The summed E-state index contributed by atoms with van der Waals surface area (Å²) < 4.78 is 1.07. The smallest absolute Gasteiger partial charge is 0.326 e. The normalized spacial score (nSPS) is 13.2. The van der Waals surface area contributed by atoms with Crippen LogP contribution in [0.1, 0.15) is 19.4 Å². The van der Waals surface area contributed by atoms with Crippen molar-refractivity contribution in [3.63, 3.8) is 0 Å². The van der Waals surface area contributed by atoms with Gasteiger partial charge in [0.2, 0.25) is 5.91 Å². The largest absolute Gasteiger partial charge is 0.481 e. The molecule has 2 rings (SSSR count). The van der Waals surface area contributed by atoms with E-state index >= 15 is 0 Å². The zero-order valence-corrected chi connectivity index (χ0v) is 12.7. The van der Waals surface area contributed by atoms with Crippen molar-refractivity contribution in [2.45, 2.75) is 25.4 Å². The Kier molecular flexibility index (Phi) is 4.93. The number of fused-ring (bicyclic) bond motifs is 1. The summed E-state index contributed by atoms with van der Waals surface area (Å²) in [7, 11) is 0. The van der Waals surface area contributed by atoms with Crippen LogP contribution in [0.3, 0.4) is 0 Å². The number of carbonyl (C=O) groups excluding carboxylic acids is 1. The van der Waals surface area contributed by atoms with Gasteiger partial charge in [0, 0.05) is 0 Å². The number of carbonyl (C=O) groups is 3. The van der Waals surface area contributed by atoms with Crippen molar-refractivity contribution in [2.24, 2.45) is 0 Å². The van der Waals surface area contributed by atoms with Gasteiger partial charge in [-0.2, -0.15) is 0 Å². The number of aromatic nitrogens is 2. The number of carboxylic acid groups (broad SMARTS) is 2. The highest BCUT2D eigenvalue weighted by molar-refractivity contribution is 5.88. The Morgan fingerprint density at radius 2 is 1.92 bits per heavy atom. The van der Waals surface area contributed by atoms with E-state index in [2.05, 4.69) is 10.3 Å². The van der Waals surface area contributed by atoms with Crippen molar-refractivity contribution in [2.75, 3.05) is 0 Å². The van der Waals surface area contributed by atoms with E-state index in [9.17, 15) is 19.2 Å². The molecule has 0 bridgehead atoms. The summed E-state index contributed by atoms with van der Waals surface area (Å²) in [6.45, 7) is 1.40. The van der Waals surface area contributed by atoms with Crippen LogP contribution in [0.25, 0.3) is 10.9 Å². The first-order valence-corrected chi connectivity index (χ1v) is 7.02. The second-order valence-corrected chi connectivity index (χ2v) is 5.15. The summed E-state index contributed by atoms with van der Waals surface area (Å²) in [6.07, 6.45) is 0.431. The van der Waals surface area contributed by atoms with E-state index in [4.69, 9.17) is 10.2 Å². The molecule has 1 amide bonds. The Bertz CT molecular complexity index is 860. The van der Waals surface area contributed by atoms with Crippen LogP contribution in [0.5, 0.6) is 0 Å². The van der Waals surface area contributed by atoms with Crippen molar-refractivity contribution in [3.05, 3.63) is 40.9 Å². The van der Waals surface area contributed by atoms with Crippen LogP contribution in [-0.2, 0) is 14.4 Å². The minimum Gasteiger partial charge on any atom is -0.481 e. The van der Waals surface area contributed by atoms with Crippen LogP contribution in [0.4, 0.5) is 0 Å². The number of hydrogen-bond acceptors (Lipinski definition) is 5. The van der Waals surface area contributed by atoms with E-state index in [0.717, 1.165) is 4.57 Å². The molecule has 9 nitrogen and oxygen atoms in total. The standard InChI is InChI=1S/C15H15N3O6/c1-8(13(21)17-11(15(23)24)6-12(19)20)18-7-16-10-5-3-2-4-9(10)14(18)22/h2-5,7-8,11H,6H2,1H3,(H,17,21)(H,19,20)(H,23,24)/t8-,11-/m0/s1. The van der Waals surface area contributed by atoms with E-state index in [1.54, 1.807) is 24.3 Å². The number of aliphatic carboxylic acids is 2. The van der Waals surface area contributed by atoms with Gasteiger partial charge in [-0.3, -0.25) is 19.0 Å². The number of amides is 1. The van der Waals surface area contributed by atoms with Crippen molar-refractivity contribution < 1.29 is 24.6 Å². The van der Waals surface area contributed by atoms with Crippen LogP contribution in [-0.4, -0.2) is 43.7 Å². The molecule has 1 heterocycles. The third-order valence-electron chi connectivity index (χ3n) is 3.48. The first-order valence-electron chi connectivity index (χ1n) is 7.02. The fraction of sp³-hybridized carbons (Fsp3) is 0.267. The Hall–Kier alpha value is -3.23. The number of nitrogens with zero attached hydrogens (tertiary/aromatic N) is 2. The molecule has 0 saturated carbocycles. The van der Waals surface area contributed by atoms with Gasteiger partial charge < -0.3 is 15.5 Å². The molecule has 3 N–H and O–H groups in total. The number of hydrogen-bond donors (Lipinski definition) is 3. The lowest BCUT2D eigenvalue weighted by Crippen LogP contribution is -2.46. The van der Waals surface area contributed by atoms with Crippen LogP contribution < -0.4 is 10.9 Å². The quantitative estimate of drug-likeness (QED) is 0.676. The predicted molar refractivity (Wildman–Crippen MR) is 82.5 cm³/mol. The van der Waals surface area contributed by atoms with Crippen molar-refractivity contribution in [3.8, 4) is 0 Å². The number of para-hydroxylation sites is 1. The van der Waals surface area contributed by atoms with Gasteiger partial charge in [0.15, 0.2) is 0 Å². The lowest BCUT2D eigenvalue weighted by atomic mass is 10.2. The molecule has 0 aliphatic carbocycles. The summed E-state index contributed by atoms with van der Waals surface area (Å²) in [4.78, 5) is 50.3. The summed E-state index contributed by atoms with van der Waals surface area (Å²) in [5.74, 6) is -3.62. The van der Waals surface area contributed by atoms with Gasteiger partial charge in [-0.25, -0.2) is 9.78 Å². The molecular weight excluding hydrogens is 318 g/mol. The fourth-order valence-corrected chi connectivity index (χ4v) is 2.15. The van der Waals surface area contributed by atoms with Gasteiger partial charge in [-0.15, -0.1) is 0 Å². The molecule has 2 atom stereocenters. The maximum atomic E-state index is 12.4. The molecule has 126 valence electrons. The Morgan fingerprint density at radius 3 is 2.54 bits per heavy atom. The number of rotatable bonds is 6. The molecule has 0 fully saturated rings. The van der Waals surface area contributed by atoms with E-state index in [0.29, 0.717) is 10.9 Å². The molecule has 9 heteroatoms. The first kappa shape index (κ1) is 17.1. The predicted octanol–water partition coefficient (Wildman–Crippen LogP) is 0.00160. The molecule has 0 aliphatic rings. The zero-order valence-electron chi connectivity index (χ0n) is 12.7. The second-order valence-electron chi connectivity index (χ2n) is 5.15. The van der Waals surface area contributed by atoms with Crippen LogP contribution in [0.15, 0.2) is 35.4 Å². The zero-order chi connectivity index (χ0) is 17.9. The summed E-state index contributed by atoms with van der Waals surface area (Å²) >= 11 is 0. The minimum atomic E-state index is -1.58. The van der Waals surface area contributed by atoms with E-state index in [1.165, 1.54) is 13.3 Å². The summed E-state index contributed by atoms with van der Waals surface area (Å²) in [5, 5.41) is 20.1. The van der Waals surface area contributed by atoms with Gasteiger partial charge in [0.05, 0.1) is 23.7 Å². The first-order chi connectivity index (χ1) is 11.3. The Morgan fingerprint density at radius 1 is 1.25 bits per heavy atom.